The van der Waals surface area contributed by atoms with Gasteiger partial charge in [-0.05, 0) is 25.7 Å². The largest absolute Gasteiger partial charge is 0.328 e. The van der Waals surface area contributed by atoms with Crippen LogP contribution in [0, 0.1) is 0 Å². The first-order valence-corrected chi connectivity index (χ1v) is 4.47. The van der Waals surface area contributed by atoms with Crippen LogP contribution >= 0.6 is 12.4 Å². The Morgan fingerprint density at radius 3 is 2.54 bits per heavy atom. The Morgan fingerprint density at radius 2 is 2.00 bits per heavy atom. The van der Waals surface area contributed by atoms with E-state index < -0.39 is 0 Å². The maximum Gasteiger partial charge on any atom is 0.0855 e. The molecule has 2 rings (SSSR count). The van der Waals surface area contributed by atoms with E-state index in [-0.39, 0.29) is 12.4 Å². The Hall–Kier alpha value is -0.610. The molecule has 0 bridgehead atoms. The van der Waals surface area contributed by atoms with Gasteiger partial charge in [0.1, 0.15) is 0 Å². The van der Waals surface area contributed by atoms with Gasteiger partial charge in [-0.3, -0.25) is 0 Å². The Bertz CT molecular complexity index is 228. The van der Waals surface area contributed by atoms with Crippen LogP contribution in [0.5, 0.6) is 0 Å². The Balaban J connectivity index is 0.000000845. The van der Waals surface area contributed by atoms with Crippen LogP contribution in [-0.4, -0.2) is 21.5 Å². The summed E-state index contributed by atoms with van der Waals surface area (Å²) in [7, 11) is 0. The lowest BCUT2D eigenvalue weighted by Crippen LogP contribution is -2.25. The molecule has 0 aliphatic heterocycles. The van der Waals surface area contributed by atoms with Crippen LogP contribution in [0.25, 0.3) is 0 Å². The third-order valence-electron chi connectivity index (χ3n) is 2.62. The third kappa shape index (κ3) is 2.42. The van der Waals surface area contributed by atoms with Gasteiger partial charge in [0.25, 0.3) is 0 Å². The first-order valence-electron chi connectivity index (χ1n) is 4.47. The fourth-order valence-corrected chi connectivity index (χ4v) is 1.82. The molecule has 4 nitrogen and oxygen atoms in total. The van der Waals surface area contributed by atoms with Crippen LogP contribution in [0.1, 0.15) is 37.3 Å². The first-order chi connectivity index (χ1) is 5.86. The van der Waals surface area contributed by atoms with E-state index in [1.807, 2.05) is 6.20 Å². The molecule has 0 amide bonds. The normalized spacial score (nSPS) is 28.1. The van der Waals surface area contributed by atoms with Crippen molar-refractivity contribution in [2.45, 2.75) is 37.6 Å². The number of rotatable bonds is 1. The molecule has 74 valence electrons. The molecule has 0 saturated heterocycles. The van der Waals surface area contributed by atoms with E-state index >= 15 is 0 Å². The summed E-state index contributed by atoms with van der Waals surface area (Å²) in [4.78, 5) is 0. The molecule has 3 N–H and O–H groups in total. The summed E-state index contributed by atoms with van der Waals surface area (Å²) < 4.78 is 0. The third-order valence-corrected chi connectivity index (χ3v) is 2.62. The summed E-state index contributed by atoms with van der Waals surface area (Å²) in [5.74, 6) is 0.587. The summed E-state index contributed by atoms with van der Waals surface area (Å²) >= 11 is 0. The topological polar surface area (TPSA) is 67.6 Å². The van der Waals surface area contributed by atoms with Crippen molar-refractivity contribution >= 4 is 12.4 Å². The Labute approximate surface area is 83.7 Å². The minimum absolute atomic E-state index is 0. The number of H-pyrrole nitrogens is 1. The van der Waals surface area contributed by atoms with Gasteiger partial charge in [-0.2, -0.15) is 15.4 Å². The zero-order valence-corrected chi connectivity index (χ0v) is 8.26. The fraction of sp³-hybridized carbons (Fsp3) is 0.750. The number of nitrogens with two attached hydrogens (primary N) is 1. The van der Waals surface area contributed by atoms with Crippen molar-refractivity contribution in [3.05, 3.63) is 11.9 Å². The zero-order chi connectivity index (χ0) is 8.39. The van der Waals surface area contributed by atoms with Gasteiger partial charge in [0.05, 0.1) is 11.9 Å². The zero-order valence-electron chi connectivity index (χ0n) is 7.44. The monoisotopic (exact) mass is 202 g/mol. The second-order valence-electron chi connectivity index (χ2n) is 3.51. The molecule has 0 aromatic carbocycles. The standard InChI is InChI=1S/C8H14N4.ClH/c9-7-3-1-6(2-4-7)8-5-10-12-11-8;/h5-7H,1-4,9H2,(H,10,11,12);1H. The highest BCUT2D eigenvalue weighted by Gasteiger charge is 2.21. The van der Waals surface area contributed by atoms with Crippen molar-refractivity contribution in [2.24, 2.45) is 5.73 Å². The molecule has 13 heavy (non-hydrogen) atoms. The van der Waals surface area contributed by atoms with E-state index in [1.54, 1.807) is 0 Å². The van der Waals surface area contributed by atoms with Crippen LogP contribution in [0.4, 0.5) is 0 Å². The molecule has 1 aliphatic carbocycles. The molecular weight excluding hydrogens is 188 g/mol. The molecule has 1 aromatic heterocycles. The molecule has 1 fully saturated rings. The smallest absolute Gasteiger partial charge is 0.0855 e. The van der Waals surface area contributed by atoms with E-state index in [9.17, 15) is 0 Å². The molecule has 0 unspecified atom stereocenters. The molecule has 0 atom stereocenters. The van der Waals surface area contributed by atoms with Gasteiger partial charge in [0.2, 0.25) is 0 Å². The Kier molecular flexibility index (Phi) is 3.69. The van der Waals surface area contributed by atoms with Gasteiger partial charge >= 0.3 is 0 Å². The van der Waals surface area contributed by atoms with Gasteiger partial charge < -0.3 is 5.73 Å². The van der Waals surface area contributed by atoms with Crippen LogP contribution in [0.15, 0.2) is 6.20 Å². The maximum absolute atomic E-state index is 5.81. The number of aromatic amines is 1. The average Bonchev–Trinajstić information content (AvgIpc) is 2.58. The van der Waals surface area contributed by atoms with Crippen molar-refractivity contribution in [3.63, 3.8) is 0 Å². The highest BCUT2D eigenvalue weighted by atomic mass is 35.5. The van der Waals surface area contributed by atoms with Crippen molar-refractivity contribution in [1.29, 1.82) is 0 Å². The molecule has 5 heteroatoms. The summed E-state index contributed by atoms with van der Waals surface area (Å²) in [5.41, 5.74) is 6.91. The number of nitrogens with one attached hydrogen (secondary N) is 1. The molecule has 0 radical (unpaired) electrons. The molecule has 1 heterocycles. The fourth-order valence-electron chi connectivity index (χ4n) is 1.82. The van der Waals surface area contributed by atoms with Crippen LogP contribution in [-0.2, 0) is 0 Å². The molecule has 0 spiro atoms. The van der Waals surface area contributed by atoms with E-state index in [1.165, 1.54) is 0 Å². The number of halogens is 1. The summed E-state index contributed by atoms with van der Waals surface area (Å²) in [5, 5.41) is 10.5. The van der Waals surface area contributed by atoms with Crippen molar-refractivity contribution in [1.82, 2.24) is 15.4 Å². The first kappa shape index (κ1) is 10.5. The van der Waals surface area contributed by atoms with Crippen LogP contribution < -0.4 is 5.73 Å². The quantitative estimate of drug-likeness (QED) is 0.720. The lowest BCUT2D eigenvalue weighted by molar-refractivity contribution is 0.390. The second-order valence-corrected chi connectivity index (χ2v) is 3.51. The van der Waals surface area contributed by atoms with E-state index in [0.29, 0.717) is 12.0 Å². The number of aromatic nitrogens is 3. The predicted octanol–water partition coefficient (Wildman–Crippen LogP) is 1.21. The van der Waals surface area contributed by atoms with Crippen LogP contribution in [0.2, 0.25) is 0 Å². The predicted molar refractivity (Wildman–Crippen MR) is 52.8 cm³/mol. The average molecular weight is 203 g/mol. The highest BCUT2D eigenvalue weighted by molar-refractivity contribution is 5.85. The SMILES string of the molecule is Cl.NC1CCC(c2cn[nH]n2)CC1. The van der Waals surface area contributed by atoms with E-state index in [0.717, 1.165) is 31.4 Å². The number of hydrogen-bond acceptors (Lipinski definition) is 3. The van der Waals surface area contributed by atoms with Crippen molar-refractivity contribution < 1.29 is 0 Å². The van der Waals surface area contributed by atoms with Crippen molar-refractivity contribution in [3.8, 4) is 0 Å². The van der Waals surface area contributed by atoms with Gasteiger partial charge in [0, 0.05) is 12.0 Å². The lowest BCUT2D eigenvalue weighted by Gasteiger charge is -2.24. The van der Waals surface area contributed by atoms with Crippen molar-refractivity contribution in [2.75, 3.05) is 0 Å². The van der Waals surface area contributed by atoms with Gasteiger partial charge in [0.15, 0.2) is 0 Å². The number of nitrogens with zero attached hydrogens (tertiary/aromatic N) is 2. The molecule has 1 aliphatic rings. The van der Waals surface area contributed by atoms with Gasteiger partial charge in [-0.25, -0.2) is 0 Å². The van der Waals surface area contributed by atoms with Gasteiger partial charge in [-0.1, -0.05) is 0 Å². The summed E-state index contributed by atoms with van der Waals surface area (Å²) in [6.07, 6.45) is 6.39. The Morgan fingerprint density at radius 1 is 1.31 bits per heavy atom. The minimum Gasteiger partial charge on any atom is -0.328 e. The highest BCUT2D eigenvalue weighted by Crippen LogP contribution is 2.30. The van der Waals surface area contributed by atoms with Crippen LogP contribution in [0.3, 0.4) is 0 Å². The van der Waals surface area contributed by atoms with Gasteiger partial charge in [-0.15, -0.1) is 12.4 Å². The summed E-state index contributed by atoms with van der Waals surface area (Å²) in [6.45, 7) is 0. The summed E-state index contributed by atoms with van der Waals surface area (Å²) in [6, 6.07) is 0.410. The molecule has 1 saturated carbocycles. The number of hydrogen-bond donors (Lipinski definition) is 2. The van der Waals surface area contributed by atoms with E-state index in [2.05, 4.69) is 15.4 Å². The molecular formula is C8H15ClN4. The lowest BCUT2D eigenvalue weighted by atomic mass is 9.85. The minimum atomic E-state index is 0. The molecule has 1 aromatic rings. The maximum atomic E-state index is 5.81. The van der Waals surface area contributed by atoms with E-state index in [4.69, 9.17) is 5.73 Å². The second kappa shape index (κ2) is 4.58.